The number of rotatable bonds is 5. The molecule has 0 aliphatic carbocycles. The summed E-state index contributed by atoms with van der Waals surface area (Å²) in [7, 11) is 1.77. The smallest absolute Gasteiger partial charge is 0.417 e. The SMILES string of the molecule is CCN1C[C@@H](CN(C)c2cnn(-c3ccc(C(F)(F)F)cn3)c(=O)c2Cl)Oc2ccccc21. The first-order valence-corrected chi connectivity index (χ1v) is 10.6. The van der Waals surface area contributed by atoms with Crippen LogP contribution < -0.4 is 20.1 Å². The number of pyridine rings is 1. The molecule has 0 spiro atoms. The van der Waals surface area contributed by atoms with Gasteiger partial charge in [-0.1, -0.05) is 23.7 Å². The predicted octanol–water partition coefficient (Wildman–Crippen LogP) is 4.02. The molecule has 0 radical (unpaired) electrons. The van der Waals surface area contributed by atoms with Crippen LogP contribution in [0.15, 0.2) is 53.6 Å². The van der Waals surface area contributed by atoms with E-state index in [0.29, 0.717) is 25.0 Å². The first-order valence-electron chi connectivity index (χ1n) is 10.2. The van der Waals surface area contributed by atoms with Crippen molar-refractivity contribution in [3.8, 4) is 11.6 Å². The summed E-state index contributed by atoms with van der Waals surface area (Å²) in [5.41, 5.74) is -0.184. The molecule has 7 nitrogen and oxygen atoms in total. The number of para-hydroxylation sites is 2. The first-order chi connectivity index (χ1) is 15.7. The molecule has 0 saturated carbocycles. The first kappa shape index (κ1) is 22.9. The second-order valence-corrected chi connectivity index (χ2v) is 7.97. The number of likely N-dealkylation sites (N-methyl/N-ethyl adjacent to an activating group) is 2. The van der Waals surface area contributed by atoms with E-state index in [1.807, 2.05) is 24.3 Å². The van der Waals surface area contributed by atoms with Gasteiger partial charge in [0.2, 0.25) is 0 Å². The fraction of sp³-hybridized carbons (Fsp3) is 0.318. The Morgan fingerprint density at radius 2 is 1.97 bits per heavy atom. The van der Waals surface area contributed by atoms with Crippen LogP contribution in [0, 0.1) is 0 Å². The van der Waals surface area contributed by atoms with Crippen molar-refractivity contribution < 1.29 is 17.9 Å². The zero-order valence-corrected chi connectivity index (χ0v) is 18.6. The summed E-state index contributed by atoms with van der Waals surface area (Å²) < 4.78 is 45.3. The minimum absolute atomic E-state index is 0.0603. The van der Waals surface area contributed by atoms with Gasteiger partial charge in [0.25, 0.3) is 5.56 Å². The summed E-state index contributed by atoms with van der Waals surface area (Å²) in [5, 5.41) is 3.95. The highest BCUT2D eigenvalue weighted by Crippen LogP contribution is 2.33. The van der Waals surface area contributed by atoms with Gasteiger partial charge in [-0.25, -0.2) is 4.98 Å². The molecule has 0 saturated heterocycles. The van der Waals surface area contributed by atoms with Crippen molar-refractivity contribution >= 4 is 23.0 Å². The lowest BCUT2D eigenvalue weighted by atomic mass is 10.2. The average Bonchev–Trinajstić information content (AvgIpc) is 2.79. The normalized spacial score (nSPS) is 15.7. The summed E-state index contributed by atoms with van der Waals surface area (Å²) in [5.74, 6) is 0.729. The minimum atomic E-state index is -4.52. The molecule has 3 heterocycles. The maximum Gasteiger partial charge on any atom is 0.417 e. The minimum Gasteiger partial charge on any atom is -0.485 e. The van der Waals surface area contributed by atoms with E-state index in [9.17, 15) is 18.0 Å². The van der Waals surface area contributed by atoms with Gasteiger partial charge in [-0.2, -0.15) is 23.0 Å². The summed E-state index contributed by atoms with van der Waals surface area (Å²) in [6.45, 7) is 3.99. The number of fused-ring (bicyclic) bond motifs is 1. The van der Waals surface area contributed by atoms with Crippen LogP contribution in [0.4, 0.5) is 24.5 Å². The summed E-state index contributed by atoms with van der Waals surface area (Å²) >= 11 is 6.33. The van der Waals surface area contributed by atoms with Gasteiger partial charge in [0.05, 0.1) is 36.2 Å². The molecule has 1 atom stereocenters. The molecule has 1 aliphatic rings. The third-order valence-electron chi connectivity index (χ3n) is 5.39. The number of benzene rings is 1. The van der Waals surface area contributed by atoms with Gasteiger partial charge in [0.15, 0.2) is 5.82 Å². The lowest BCUT2D eigenvalue weighted by Gasteiger charge is -2.37. The second kappa shape index (κ2) is 8.93. The monoisotopic (exact) mass is 479 g/mol. The van der Waals surface area contributed by atoms with Crippen molar-refractivity contribution in [3.63, 3.8) is 0 Å². The Morgan fingerprint density at radius 1 is 1.21 bits per heavy atom. The van der Waals surface area contributed by atoms with Crippen molar-refractivity contribution in [2.24, 2.45) is 0 Å². The second-order valence-electron chi connectivity index (χ2n) is 7.59. The number of halogens is 4. The van der Waals surface area contributed by atoms with Crippen LogP contribution in [0.25, 0.3) is 5.82 Å². The van der Waals surface area contributed by atoms with E-state index in [2.05, 4.69) is 21.9 Å². The van der Waals surface area contributed by atoms with Gasteiger partial charge in [0.1, 0.15) is 16.9 Å². The highest BCUT2D eigenvalue weighted by atomic mass is 35.5. The van der Waals surface area contributed by atoms with E-state index in [1.54, 1.807) is 11.9 Å². The standard InChI is InChI=1S/C22H21ClF3N5O2/c1-3-30-13-15(33-18-7-5-4-6-16(18)30)12-29(2)17-11-28-31(21(32)20(17)23)19-9-8-14(10-27-19)22(24,25)26/h4-11,15H,3,12-13H2,1-2H3/t15-/m1/s1. The van der Waals surface area contributed by atoms with Crippen LogP contribution in [0.1, 0.15) is 12.5 Å². The van der Waals surface area contributed by atoms with Gasteiger partial charge in [-0.05, 0) is 31.2 Å². The Kier molecular flexibility index (Phi) is 6.20. The van der Waals surface area contributed by atoms with E-state index in [-0.39, 0.29) is 16.9 Å². The number of anilines is 2. The molecule has 0 amide bonds. The molecule has 1 aromatic carbocycles. The maximum atomic E-state index is 12.8. The summed E-state index contributed by atoms with van der Waals surface area (Å²) in [6, 6.07) is 9.70. The van der Waals surface area contributed by atoms with Crippen molar-refractivity contribution in [1.82, 2.24) is 14.8 Å². The number of aromatic nitrogens is 3. The fourth-order valence-electron chi connectivity index (χ4n) is 3.71. The van der Waals surface area contributed by atoms with Crippen molar-refractivity contribution in [2.45, 2.75) is 19.2 Å². The highest BCUT2D eigenvalue weighted by Gasteiger charge is 2.31. The number of alkyl halides is 3. The Morgan fingerprint density at radius 3 is 2.64 bits per heavy atom. The lowest BCUT2D eigenvalue weighted by Crippen LogP contribution is -2.46. The molecule has 0 unspecified atom stereocenters. The molecule has 0 bridgehead atoms. The highest BCUT2D eigenvalue weighted by molar-refractivity contribution is 6.33. The third kappa shape index (κ3) is 4.61. The molecule has 0 N–H and O–H groups in total. The Balaban J connectivity index is 1.54. The van der Waals surface area contributed by atoms with Gasteiger partial charge in [-0.15, -0.1) is 0 Å². The lowest BCUT2D eigenvalue weighted by molar-refractivity contribution is -0.137. The zero-order chi connectivity index (χ0) is 23.8. The quantitative estimate of drug-likeness (QED) is 0.551. The predicted molar refractivity (Wildman–Crippen MR) is 120 cm³/mol. The van der Waals surface area contributed by atoms with Crippen LogP contribution in [0.2, 0.25) is 5.02 Å². The van der Waals surface area contributed by atoms with Crippen LogP contribution in [0.5, 0.6) is 5.75 Å². The molecule has 174 valence electrons. The topological polar surface area (TPSA) is 63.5 Å². The number of nitrogens with zero attached hydrogens (tertiary/aromatic N) is 5. The Bertz CT molecular complexity index is 1200. The van der Waals surface area contributed by atoms with E-state index >= 15 is 0 Å². The van der Waals surface area contributed by atoms with Gasteiger partial charge in [0, 0.05) is 19.8 Å². The van der Waals surface area contributed by atoms with E-state index in [4.69, 9.17) is 16.3 Å². The Labute approximate surface area is 193 Å². The summed E-state index contributed by atoms with van der Waals surface area (Å²) in [6.07, 6.45) is -2.67. The van der Waals surface area contributed by atoms with Gasteiger partial charge >= 0.3 is 6.18 Å². The van der Waals surface area contributed by atoms with E-state index in [0.717, 1.165) is 34.8 Å². The van der Waals surface area contributed by atoms with Crippen LogP contribution in [-0.2, 0) is 6.18 Å². The van der Waals surface area contributed by atoms with E-state index in [1.165, 1.54) is 6.20 Å². The van der Waals surface area contributed by atoms with Crippen LogP contribution in [-0.4, -0.2) is 47.6 Å². The molecular formula is C22H21ClF3N5O2. The van der Waals surface area contributed by atoms with Crippen molar-refractivity contribution in [3.05, 3.63) is 69.7 Å². The van der Waals surface area contributed by atoms with Gasteiger partial charge in [-0.3, -0.25) is 4.79 Å². The Hall–Kier alpha value is -3.27. The number of hydrogen-bond donors (Lipinski definition) is 0. The molecule has 33 heavy (non-hydrogen) atoms. The van der Waals surface area contributed by atoms with Crippen molar-refractivity contribution in [1.29, 1.82) is 0 Å². The molecule has 3 aromatic rings. The van der Waals surface area contributed by atoms with E-state index < -0.39 is 17.3 Å². The largest absolute Gasteiger partial charge is 0.485 e. The fourth-order valence-corrected chi connectivity index (χ4v) is 3.98. The third-order valence-corrected chi connectivity index (χ3v) is 5.74. The van der Waals surface area contributed by atoms with Crippen molar-refractivity contribution in [2.75, 3.05) is 36.5 Å². The zero-order valence-electron chi connectivity index (χ0n) is 17.9. The maximum absolute atomic E-state index is 12.8. The summed E-state index contributed by atoms with van der Waals surface area (Å²) in [4.78, 5) is 20.5. The number of hydrogen-bond acceptors (Lipinski definition) is 6. The van der Waals surface area contributed by atoms with Crippen LogP contribution >= 0.6 is 11.6 Å². The molecular weight excluding hydrogens is 459 g/mol. The molecule has 11 heteroatoms. The number of ether oxygens (including phenoxy) is 1. The molecule has 2 aromatic heterocycles. The van der Waals surface area contributed by atoms with Gasteiger partial charge < -0.3 is 14.5 Å². The molecule has 1 aliphatic heterocycles. The van der Waals surface area contributed by atoms with Crippen LogP contribution in [0.3, 0.4) is 0 Å². The molecule has 4 rings (SSSR count). The molecule has 0 fully saturated rings. The average molecular weight is 480 g/mol.